The molecule has 0 radical (unpaired) electrons. The highest BCUT2D eigenvalue weighted by Crippen LogP contribution is 2.34. The Morgan fingerprint density at radius 3 is 2.30 bits per heavy atom. The number of nitrogens with two attached hydrogens (primary N) is 1. The van der Waals surface area contributed by atoms with Crippen LogP contribution in [0.15, 0.2) is 17.3 Å². The maximum absolute atomic E-state index is 12.5. The van der Waals surface area contributed by atoms with Crippen molar-refractivity contribution < 1.29 is 21.6 Å². The van der Waals surface area contributed by atoms with Crippen molar-refractivity contribution in [3.05, 3.63) is 12.4 Å². The number of nitrogens with zero attached hydrogens (tertiary/aromatic N) is 3. The number of rotatable bonds is 5. The van der Waals surface area contributed by atoms with E-state index in [9.17, 15) is 21.6 Å². The molecule has 20 heavy (non-hydrogen) atoms. The van der Waals surface area contributed by atoms with E-state index in [-0.39, 0.29) is 5.95 Å². The molecule has 7 nitrogen and oxygen atoms in total. The quantitative estimate of drug-likeness (QED) is 0.606. The number of nitrogen functional groups attached to an aromatic ring is 1. The van der Waals surface area contributed by atoms with Crippen LogP contribution in [0.25, 0.3) is 0 Å². The fraction of sp³-hybridized carbons (Fsp3) is 0.556. The van der Waals surface area contributed by atoms with Gasteiger partial charge in [0.1, 0.15) is 11.4 Å². The van der Waals surface area contributed by atoms with Crippen molar-refractivity contribution in [2.45, 2.75) is 30.0 Å². The first-order valence-electron chi connectivity index (χ1n) is 5.61. The molecule has 11 heteroatoms. The molecule has 0 saturated heterocycles. The van der Waals surface area contributed by atoms with Crippen molar-refractivity contribution in [2.75, 3.05) is 12.0 Å². The SMILES string of the molecule is NNc1ncc(S(=O)(=O)N(CC(F)(F)F)C2CC2)cn1. The molecule has 2 rings (SSSR count). The molecule has 1 fully saturated rings. The topological polar surface area (TPSA) is 101 Å². The minimum atomic E-state index is -4.60. The monoisotopic (exact) mass is 311 g/mol. The zero-order valence-corrected chi connectivity index (χ0v) is 10.9. The number of hydrogen-bond acceptors (Lipinski definition) is 6. The number of anilines is 1. The number of sulfonamides is 1. The summed E-state index contributed by atoms with van der Waals surface area (Å²) in [5.41, 5.74) is 2.10. The van der Waals surface area contributed by atoms with Crippen LogP contribution < -0.4 is 11.3 Å². The van der Waals surface area contributed by atoms with Gasteiger partial charge in [-0.05, 0) is 12.8 Å². The molecule has 0 unspecified atom stereocenters. The average Bonchev–Trinajstić information content (AvgIpc) is 3.19. The predicted octanol–water partition coefficient (Wildman–Crippen LogP) is 0.478. The van der Waals surface area contributed by atoms with Crippen LogP contribution in [-0.2, 0) is 10.0 Å². The van der Waals surface area contributed by atoms with Crippen LogP contribution in [0.1, 0.15) is 12.8 Å². The largest absolute Gasteiger partial charge is 0.402 e. The fourth-order valence-corrected chi connectivity index (χ4v) is 3.17. The second-order valence-electron chi connectivity index (χ2n) is 4.28. The van der Waals surface area contributed by atoms with Gasteiger partial charge in [0, 0.05) is 6.04 Å². The van der Waals surface area contributed by atoms with Gasteiger partial charge in [-0.2, -0.15) is 17.5 Å². The summed E-state index contributed by atoms with van der Waals surface area (Å²) in [6.07, 6.45) is -1.93. The van der Waals surface area contributed by atoms with Gasteiger partial charge in [-0.1, -0.05) is 0 Å². The molecule has 112 valence electrons. The smallest absolute Gasteiger partial charge is 0.292 e. The lowest BCUT2D eigenvalue weighted by Gasteiger charge is -2.22. The average molecular weight is 311 g/mol. The number of hydrazine groups is 1. The minimum Gasteiger partial charge on any atom is -0.292 e. The van der Waals surface area contributed by atoms with Gasteiger partial charge < -0.3 is 0 Å². The van der Waals surface area contributed by atoms with E-state index in [0.29, 0.717) is 17.1 Å². The van der Waals surface area contributed by atoms with Gasteiger partial charge in [0.25, 0.3) is 0 Å². The van der Waals surface area contributed by atoms with Gasteiger partial charge in [0.05, 0.1) is 12.4 Å². The Balaban J connectivity index is 2.29. The Labute approximate surface area is 113 Å². The predicted molar refractivity (Wildman–Crippen MR) is 62.8 cm³/mol. The molecule has 0 spiro atoms. The lowest BCUT2D eigenvalue weighted by atomic mass is 10.6. The van der Waals surface area contributed by atoms with Crippen molar-refractivity contribution >= 4 is 16.0 Å². The van der Waals surface area contributed by atoms with E-state index in [1.165, 1.54) is 0 Å². The van der Waals surface area contributed by atoms with Crippen LogP contribution >= 0.6 is 0 Å². The molecule has 1 heterocycles. The number of hydrogen-bond donors (Lipinski definition) is 2. The third-order valence-electron chi connectivity index (χ3n) is 2.65. The first kappa shape index (κ1) is 14.9. The van der Waals surface area contributed by atoms with Gasteiger partial charge >= 0.3 is 6.18 Å². The summed E-state index contributed by atoms with van der Waals surface area (Å²) >= 11 is 0. The van der Waals surface area contributed by atoms with E-state index < -0.39 is 33.7 Å². The van der Waals surface area contributed by atoms with Crippen molar-refractivity contribution in [1.82, 2.24) is 14.3 Å². The van der Waals surface area contributed by atoms with Crippen molar-refractivity contribution in [2.24, 2.45) is 5.84 Å². The first-order valence-corrected chi connectivity index (χ1v) is 7.05. The van der Waals surface area contributed by atoms with E-state index in [0.717, 1.165) is 12.4 Å². The molecule has 0 bridgehead atoms. The third-order valence-corrected chi connectivity index (χ3v) is 4.50. The van der Waals surface area contributed by atoms with Crippen molar-refractivity contribution in [3.8, 4) is 0 Å². The second-order valence-corrected chi connectivity index (χ2v) is 6.17. The lowest BCUT2D eigenvalue weighted by Crippen LogP contribution is -2.40. The normalized spacial score (nSPS) is 16.4. The van der Waals surface area contributed by atoms with Crippen molar-refractivity contribution in [3.63, 3.8) is 0 Å². The fourth-order valence-electron chi connectivity index (χ4n) is 1.61. The Kier molecular flexibility index (Phi) is 3.84. The lowest BCUT2D eigenvalue weighted by molar-refractivity contribution is -0.137. The molecule has 0 aliphatic heterocycles. The van der Waals surface area contributed by atoms with E-state index in [2.05, 4.69) is 15.4 Å². The minimum absolute atomic E-state index is 0.0299. The molecule has 1 aliphatic rings. The van der Waals surface area contributed by atoms with Crippen LogP contribution in [0.4, 0.5) is 19.1 Å². The summed E-state index contributed by atoms with van der Waals surface area (Å²) in [5, 5.41) is 0. The Hall–Kier alpha value is -1.46. The van der Waals surface area contributed by atoms with E-state index >= 15 is 0 Å². The standard InChI is InChI=1S/C9H12F3N5O2S/c10-9(11,12)5-17(6-1-2-6)20(18,19)7-3-14-8(16-13)15-4-7/h3-4,6H,1-2,5,13H2,(H,14,15,16). The molecule has 1 aliphatic carbocycles. The summed E-state index contributed by atoms with van der Waals surface area (Å²) in [4.78, 5) is 6.78. The summed E-state index contributed by atoms with van der Waals surface area (Å²) in [6, 6.07) is -0.617. The Bertz CT molecular complexity index is 570. The summed E-state index contributed by atoms with van der Waals surface area (Å²) in [6.45, 7) is -1.52. The van der Waals surface area contributed by atoms with Gasteiger partial charge in [-0.25, -0.2) is 24.2 Å². The van der Waals surface area contributed by atoms with Crippen molar-refractivity contribution in [1.29, 1.82) is 0 Å². The molecule has 0 atom stereocenters. The molecular formula is C9H12F3N5O2S. The second kappa shape index (κ2) is 5.14. The number of nitrogens with one attached hydrogen (secondary N) is 1. The highest BCUT2D eigenvalue weighted by Gasteiger charge is 2.44. The highest BCUT2D eigenvalue weighted by molar-refractivity contribution is 7.89. The number of halogens is 3. The summed E-state index contributed by atoms with van der Waals surface area (Å²) < 4.78 is 62.3. The zero-order valence-electron chi connectivity index (χ0n) is 10.1. The van der Waals surface area contributed by atoms with Gasteiger partial charge in [-0.3, -0.25) is 5.43 Å². The van der Waals surface area contributed by atoms with Gasteiger partial charge in [0.2, 0.25) is 16.0 Å². The molecule has 3 N–H and O–H groups in total. The molecule has 0 aromatic carbocycles. The maximum Gasteiger partial charge on any atom is 0.402 e. The number of alkyl halides is 3. The summed E-state index contributed by atoms with van der Waals surface area (Å²) in [5.74, 6) is 5.00. The van der Waals surface area contributed by atoms with Crippen LogP contribution in [0, 0.1) is 0 Å². The summed E-state index contributed by atoms with van der Waals surface area (Å²) in [7, 11) is -4.28. The van der Waals surface area contributed by atoms with Crippen LogP contribution in [0.3, 0.4) is 0 Å². The van der Waals surface area contributed by atoms with Crippen LogP contribution in [0.5, 0.6) is 0 Å². The first-order chi connectivity index (χ1) is 9.24. The molecule has 1 aromatic rings. The third kappa shape index (κ3) is 3.35. The number of aromatic nitrogens is 2. The Morgan fingerprint density at radius 1 is 1.35 bits per heavy atom. The van der Waals surface area contributed by atoms with E-state index in [1.54, 1.807) is 0 Å². The van der Waals surface area contributed by atoms with Crippen LogP contribution in [-0.4, -0.2) is 41.5 Å². The molecular weight excluding hydrogens is 299 g/mol. The molecule has 1 saturated carbocycles. The highest BCUT2D eigenvalue weighted by atomic mass is 32.2. The van der Waals surface area contributed by atoms with E-state index in [4.69, 9.17) is 5.84 Å². The molecule has 1 aromatic heterocycles. The van der Waals surface area contributed by atoms with Crippen LogP contribution in [0.2, 0.25) is 0 Å². The Morgan fingerprint density at radius 2 is 1.90 bits per heavy atom. The zero-order chi connectivity index (χ0) is 15.0. The maximum atomic E-state index is 12.5. The van der Waals surface area contributed by atoms with Gasteiger partial charge in [0.15, 0.2) is 0 Å². The molecule has 0 amide bonds. The van der Waals surface area contributed by atoms with Gasteiger partial charge in [-0.15, -0.1) is 0 Å². The van der Waals surface area contributed by atoms with E-state index in [1.807, 2.05) is 0 Å².